The summed E-state index contributed by atoms with van der Waals surface area (Å²) in [7, 11) is 0. The number of nitrogen functional groups attached to an aromatic ring is 1. The molecule has 3 aromatic heterocycles. The number of nitrogens with zero attached hydrogens (tertiary/aromatic N) is 6. The van der Waals surface area contributed by atoms with E-state index in [1.807, 2.05) is 18.2 Å². The fraction of sp³-hybridized carbons (Fsp3) is 0.105. The summed E-state index contributed by atoms with van der Waals surface area (Å²) in [6.45, 7) is 0.256. The number of thiazole rings is 1. The van der Waals surface area contributed by atoms with Crippen LogP contribution >= 0.6 is 11.3 Å². The highest BCUT2D eigenvalue weighted by atomic mass is 32.1. The molecule has 0 unspecified atom stereocenters. The van der Waals surface area contributed by atoms with Crippen molar-refractivity contribution in [2.24, 2.45) is 0 Å². The summed E-state index contributed by atoms with van der Waals surface area (Å²) in [5, 5.41) is 15.4. The lowest BCUT2D eigenvalue weighted by Gasteiger charge is -2.04. The van der Waals surface area contributed by atoms with Crippen molar-refractivity contribution in [2.75, 3.05) is 5.73 Å². The van der Waals surface area contributed by atoms with E-state index in [9.17, 15) is 13.2 Å². The Bertz CT molecular complexity index is 1390. The van der Waals surface area contributed by atoms with Crippen molar-refractivity contribution in [1.82, 2.24) is 30.2 Å². The first-order valence-electron chi connectivity index (χ1n) is 8.93. The van der Waals surface area contributed by atoms with Crippen LogP contribution in [0.2, 0.25) is 0 Å². The molecule has 0 aliphatic carbocycles. The van der Waals surface area contributed by atoms with Crippen molar-refractivity contribution in [3.63, 3.8) is 0 Å². The molecular formula is C19H12F3N7OS. The smallest absolute Gasteiger partial charge is 0.314 e. The predicted octanol–water partition coefficient (Wildman–Crippen LogP) is 4.31. The van der Waals surface area contributed by atoms with Crippen LogP contribution in [-0.4, -0.2) is 30.2 Å². The molecule has 0 atom stereocenters. The topological polar surface area (TPSA) is 109 Å². The lowest BCUT2D eigenvalue weighted by molar-refractivity contribution is 0.116. The van der Waals surface area contributed by atoms with Crippen molar-refractivity contribution in [1.29, 1.82) is 0 Å². The second-order valence-electron chi connectivity index (χ2n) is 6.60. The molecule has 2 aromatic carbocycles. The van der Waals surface area contributed by atoms with E-state index < -0.39 is 18.1 Å². The minimum absolute atomic E-state index is 0.0560. The number of hydrogen-bond acceptors (Lipinski definition) is 8. The van der Waals surface area contributed by atoms with Gasteiger partial charge in [-0.2, -0.15) is 8.78 Å². The number of fused-ring (bicyclic) bond motifs is 1. The lowest BCUT2D eigenvalue weighted by atomic mass is 10.1. The highest BCUT2D eigenvalue weighted by Crippen LogP contribution is 2.29. The quantitative estimate of drug-likeness (QED) is 0.431. The molecule has 156 valence electrons. The number of nitrogens with two attached hydrogens (primary N) is 1. The van der Waals surface area contributed by atoms with Crippen LogP contribution < -0.4 is 5.73 Å². The summed E-state index contributed by atoms with van der Waals surface area (Å²) < 4.78 is 47.0. The predicted molar refractivity (Wildman–Crippen MR) is 107 cm³/mol. The molecular weight excluding hydrogens is 431 g/mol. The van der Waals surface area contributed by atoms with Crippen molar-refractivity contribution in [2.45, 2.75) is 13.0 Å². The highest BCUT2D eigenvalue weighted by molar-refractivity contribution is 7.22. The van der Waals surface area contributed by atoms with Crippen LogP contribution in [0, 0.1) is 5.82 Å². The maximum atomic E-state index is 14.5. The molecule has 0 radical (unpaired) electrons. The van der Waals surface area contributed by atoms with E-state index >= 15 is 0 Å². The van der Waals surface area contributed by atoms with Crippen LogP contribution in [0.5, 0.6) is 0 Å². The van der Waals surface area contributed by atoms with Crippen LogP contribution in [-0.2, 0) is 6.54 Å². The van der Waals surface area contributed by atoms with Gasteiger partial charge >= 0.3 is 6.43 Å². The van der Waals surface area contributed by atoms with Crippen LogP contribution in [0.25, 0.3) is 32.9 Å². The number of benzene rings is 2. The molecule has 0 fully saturated rings. The second kappa shape index (κ2) is 7.47. The van der Waals surface area contributed by atoms with E-state index in [0.29, 0.717) is 16.4 Å². The minimum Gasteiger partial charge on any atom is -0.415 e. The van der Waals surface area contributed by atoms with Crippen molar-refractivity contribution in [3.8, 4) is 22.7 Å². The maximum Gasteiger partial charge on any atom is 0.314 e. The monoisotopic (exact) mass is 443 g/mol. The molecule has 0 saturated carbocycles. The van der Waals surface area contributed by atoms with E-state index in [-0.39, 0.29) is 18.0 Å². The summed E-state index contributed by atoms with van der Waals surface area (Å²) in [5.74, 6) is -1.83. The standard InChI is InChI=1S/C19H12F3N7OS/c20-12-5-9(1-3-11(12)17-26-27-18(30-17)16(21)22)7-29-8-14(25-28-29)10-2-4-13-15(6-10)31-19(23)24-13/h1-6,8,16H,7H2,(H2,23,24). The average molecular weight is 443 g/mol. The Hall–Kier alpha value is -3.80. The van der Waals surface area contributed by atoms with Gasteiger partial charge in [-0.25, -0.2) is 14.1 Å². The van der Waals surface area contributed by atoms with Gasteiger partial charge in [0.05, 0.1) is 28.5 Å². The molecule has 0 spiro atoms. The van der Waals surface area contributed by atoms with Crippen LogP contribution in [0.15, 0.2) is 47.0 Å². The zero-order valence-electron chi connectivity index (χ0n) is 15.5. The van der Waals surface area contributed by atoms with Crippen molar-refractivity contribution in [3.05, 3.63) is 59.9 Å². The SMILES string of the molecule is Nc1nc2ccc(-c3cn(Cc4ccc(-c5nnc(C(F)F)o5)c(F)c4)nn3)cc2s1. The fourth-order valence-electron chi connectivity index (χ4n) is 3.06. The molecule has 5 rings (SSSR count). The summed E-state index contributed by atoms with van der Waals surface area (Å²) in [6.07, 6.45) is -1.18. The van der Waals surface area contributed by atoms with Gasteiger partial charge in [0.2, 0.25) is 0 Å². The summed E-state index contributed by atoms with van der Waals surface area (Å²) in [5.41, 5.74) is 8.60. The zero-order chi connectivity index (χ0) is 21.5. The maximum absolute atomic E-state index is 14.5. The lowest BCUT2D eigenvalue weighted by Crippen LogP contribution is -2.01. The van der Waals surface area contributed by atoms with Gasteiger partial charge in [-0.05, 0) is 29.8 Å². The first-order valence-corrected chi connectivity index (χ1v) is 9.75. The van der Waals surface area contributed by atoms with Gasteiger partial charge in [0.1, 0.15) is 11.5 Å². The Labute approximate surface area is 176 Å². The Morgan fingerprint density at radius 1 is 1.10 bits per heavy atom. The molecule has 0 aliphatic rings. The summed E-state index contributed by atoms with van der Waals surface area (Å²) in [4.78, 5) is 4.22. The Kier molecular flexibility index (Phi) is 4.62. The Morgan fingerprint density at radius 2 is 1.97 bits per heavy atom. The average Bonchev–Trinajstić information content (AvgIpc) is 3.46. The van der Waals surface area contributed by atoms with E-state index in [2.05, 4.69) is 25.5 Å². The van der Waals surface area contributed by atoms with Gasteiger partial charge in [-0.1, -0.05) is 28.7 Å². The van der Waals surface area contributed by atoms with E-state index in [0.717, 1.165) is 15.8 Å². The summed E-state index contributed by atoms with van der Waals surface area (Å²) >= 11 is 1.39. The second-order valence-corrected chi connectivity index (χ2v) is 7.66. The third-order valence-electron chi connectivity index (χ3n) is 4.48. The zero-order valence-corrected chi connectivity index (χ0v) is 16.4. The Balaban J connectivity index is 1.36. The number of hydrogen-bond donors (Lipinski definition) is 1. The number of rotatable bonds is 5. The molecule has 0 bridgehead atoms. The van der Waals surface area contributed by atoms with Crippen LogP contribution in [0.3, 0.4) is 0 Å². The molecule has 2 N–H and O–H groups in total. The van der Waals surface area contributed by atoms with E-state index in [4.69, 9.17) is 10.2 Å². The van der Waals surface area contributed by atoms with E-state index in [1.54, 1.807) is 16.9 Å². The molecule has 0 amide bonds. The van der Waals surface area contributed by atoms with Gasteiger partial charge in [0.25, 0.3) is 11.8 Å². The van der Waals surface area contributed by atoms with Gasteiger partial charge < -0.3 is 10.2 Å². The third kappa shape index (κ3) is 3.72. The number of aromatic nitrogens is 6. The fourth-order valence-corrected chi connectivity index (χ4v) is 3.83. The molecule has 5 aromatic rings. The van der Waals surface area contributed by atoms with Crippen LogP contribution in [0.1, 0.15) is 17.9 Å². The number of alkyl halides is 2. The van der Waals surface area contributed by atoms with E-state index in [1.165, 1.54) is 23.5 Å². The molecule has 0 aliphatic heterocycles. The molecule has 8 nitrogen and oxygen atoms in total. The Morgan fingerprint density at radius 3 is 2.74 bits per heavy atom. The number of halogens is 3. The van der Waals surface area contributed by atoms with Crippen LogP contribution in [0.4, 0.5) is 18.3 Å². The first-order chi connectivity index (χ1) is 15.0. The minimum atomic E-state index is -2.92. The van der Waals surface area contributed by atoms with Crippen molar-refractivity contribution >= 4 is 26.7 Å². The summed E-state index contributed by atoms with van der Waals surface area (Å²) in [6, 6.07) is 9.95. The largest absolute Gasteiger partial charge is 0.415 e. The van der Waals surface area contributed by atoms with Gasteiger partial charge in [0.15, 0.2) is 5.13 Å². The van der Waals surface area contributed by atoms with Gasteiger partial charge in [-0.15, -0.1) is 15.3 Å². The molecule has 0 saturated heterocycles. The van der Waals surface area contributed by atoms with Crippen molar-refractivity contribution < 1.29 is 17.6 Å². The highest BCUT2D eigenvalue weighted by Gasteiger charge is 2.19. The van der Waals surface area contributed by atoms with Gasteiger partial charge in [0, 0.05) is 5.56 Å². The first kappa shape index (κ1) is 19.2. The molecule has 12 heteroatoms. The molecule has 31 heavy (non-hydrogen) atoms. The number of anilines is 1. The van der Waals surface area contributed by atoms with Gasteiger partial charge in [-0.3, -0.25) is 0 Å². The molecule has 3 heterocycles. The normalized spacial score (nSPS) is 11.6. The third-order valence-corrected chi connectivity index (χ3v) is 5.32.